The molecule has 0 bridgehead atoms. The van der Waals surface area contributed by atoms with E-state index < -0.39 is 0 Å². The standard InChI is InChI=1S/C15H19NO2.C5H7NO2.Na/c1-4-6-16-13(5-2)10-18-15-8-12(9-17)11(3)7-14(15)16;7-4-2-1-3-5(8)6-4;/h7-8,13H,3-6,10H2,1-2H3;1-3H2,(H,6,7,8);/q-2;;+1. The molecule has 0 saturated carbocycles. The fourth-order valence-electron chi connectivity index (χ4n) is 3.09. The average molecular weight is 381 g/mol. The fourth-order valence-corrected chi connectivity index (χ4v) is 3.09. The monoisotopic (exact) mass is 381 g/mol. The summed E-state index contributed by atoms with van der Waals surface area (Å²) in [5.41, 5.74) is 2.25. The molecule has 2 aliphatic rings. The molecule has 142 valence electrons. The molecule has 1 unspecified atom stereocenters. The van der Waals surface area contributed by atoms with E-state index in [4.69, 9.17) is 4.74 Å². The molecule has 2 heterocycles. The molecule has 1 N–H and O–H groups in total. The Kier molecular flexibility index (Phi) is 9.91. The summed E-state index contributed by atoms with van der Waals surface area (Å²) in [6.45, 7) is 9.91. The maximum Gasteiger partial charge on any atom is 1.00 e. The van der Waals surface area contributed by atoms with Gasteiger partial charge in [0.1, 0.15) is 6.61 Å². The fraction of sp³-hybridized carbons (Fsp3) is 0.500. The van der Waals surface area contributed by atoms with Crippen LogP contribution in [0.2, 0.25) is 0 Å². The molecule has 3 rings (SSSR count). The number of nitrogens with zero attached hydrogens (tertiary/aromatic N) is 1. The first kappa shape index (κ1) is 23.5. The van der Waals surface area contributed by atoms with Crippen molar-refractivity contribution in [3.05, 3.63) is 30.2 Å². The van der Waals surface area contributed by atoms with Gasteiger partial charge in [-0.15, -0.1) is 0 Å². The van der Waals surface area contributed by atoms with Crippen molar-refractivity contribution in [2.24, 2.45) is 0 Å². The van der Waals surface area contributed by atoms with Gasteiger partial charge in [0.2, 0.25) is 11.8 Å². The zero-order valence-electron chi connectivity index (χ0n) is 16.5. The van der Waals surface area contributed by atoms with Crippen molar-refractivity contribution in [3.8, 4) is 5.75 Å². The van der Waals surface area contributed by atoms with Crippen molar-refractivity contribution in [2.75, 3.05) is 18.1 Å². The third-order valence-corrected chi connectivity index (χ3v) is 4.50. The van der Waals surface area contributed by atoms with Gasteiger partial charge in [-0.05, 0) is 31.2 Å². The van der Waals surface area contributed by atoms with E-state index in [-0.39, 0.29) is 41.4 Å². The Morgan fingerprint density at radius 3 is 2.41 bits per heavy atom. The van der Waals surface area contributed by atoms with E-state index in [1.807, 2.05) is 12.4 Å². The quantitative estimate of drug-likeness (QED) is 0.434. The number of hydrogen-bond donors (Lipinski definition) is 1. The second-order valence-corrected chi connectivity index (χ2v) is 6.47. The van der Waals surface area contributed by atoms with Crippen molar-refractivity contribution >= 4 is 23.8 Å². The number of imide groups is 1. The minimum absolute atomic E-state index is 0. The minimum Gasteiger partial charge on any atom is -0.504 e. The molecule has 0 radical (unpaired) electrons. The molecular weight excluding hydrogens is 355 g/mol. The van der Waals surface area contributed by atoms with Crippen LogP contribution >= 0.6 is 0 Å². The summed E-state index contributed by atoms with van der Waals surface area (Å²) in [4.78, 5) is 33.9. The van der Waals surface area contributed by atoms with Crippen LogP contribution in [-0.4, -0.2) is 37.3 Å². The third kappa shape index (κ3) is 6.26. The number of fused-ring (bicyclic) bond motifs is 1. The molecule has 0 spiro atoms. The smallest absolute Gasteiger partial charge is 0.504 e. The normalized spacial score (nSPS) is 18.1. The molecule has 1 saturated heterocycles. The zero-order valence-corrected chi connectivity index (χ0v) is 18.5. The molecule has 6 nitrogen and oxygen atoms in total. The van der Waals surface area contributed by atoms with Gasteiger partial charge in [0.25, 0.3) is 0 Å². The third-order valence-electron chi connectivity index (χ3n) is 4.50. The second-order valence-electron chi connectivity index (χ2n) is 6.47. The Morgan fingerprint density at radius 2 is 1.93 bits per heavy atom. The maximum atomic E-state index is 10.8. The van der Waals surface area contributed by atoms with Crippen LogP contribution in [0, 0.1) is 6.92 Å². The number of ether oxygens (including phenoxy) is 1. The predicted molar refractivity (Wildman–Crippen MR) is 99.9 cm³/mol. The van der Waals surface area contributed by atoms with Crippen LogP contribution in [0.5, 0.6) is 5.75 Å². The summed E-state index contributed by atoms with van der Waals surface area (Å²) in [5.74, 6) is 0.501. The van der Waals surface area contributed by atoms with Gasteiger partial charge in [-0.2, -0.15) is 12.1 Å². The molecule has 2 aliphatic heterocycles. The molecule has 1 aromatic rings. The molecule has 0 aromatic heterocycles. The van der Waals surface area contributed by atoms with Gasteiger partial charge >= 0.3 is 29.6 Å². The van der Waals surface area contributed by atoms with Gasteiger partial charge < -0.3 is 14.4 Å². The molecule has 27 heavy (non-hydrogen) atoms. The first-order valence-corrected chi connectivity index (χ1v) is 9.10. The summed E-state index contributed by atoms with van der Waals surface area (Å²) < 4.78 is 5.75. The molecular formula is C20H26N2NaO4-. The number of carbonyl (C=O) groups excluding carboxylic acids is 3. The number of carbonyl (C=O) groups is 2. The number of nitrogens with one attached hydrogen (secondary N) is 1. The number of amides is 2. The topological polar surface area (TPSA) is 75.7 Å². The van der Waals surface area contributed by atoms with Gasteiger partial charge in [-0.25, -0.2) is 0 Å². The van der Waals surface area contributed by atoms with Gasteiger partial charge in [0.15, 0.2) is 0 Å². The Morgan fingerprint density at radius 1 is 1.26 bits per heavy atom. The van der Waals surface area contributed by atoms with E-state index in [1.165, 1.54) is 0 Å². The van der Waals surface area contributed by atoms with Crippen molar-refractivity contribution < 1.29 is 48.7 Å². The van der Waals surface area contributed by atoms with Crippen LogP contribution in [-0.2, 0) is 14.4 Å². The molecule has 2 amide bonds. The Balaban J connectivity index is 0.000000342. The number of piperidine rings is 1. The van der Waals surface area contributed by atoms with E-state index in [1.54, 1.807) is 6.07 Å². The first-order valence-electron chi connectivity index (χ1n) is 9.10. The summed E-state index contributed by atoms with van der Waals surface area (Å²) in [6.07, 6.45) is 5.77. The molecule has 1 fully saturated rings. The van der Waals surface area contributed by atoms with Crippen LogP contribution in [0.3, 0.4) is 0 Å². The predicted octanol–water partition coefficient (Wildman–Crippen LogP) is -0.469. The average Bonchev–Trinajstić information content (AvgIpc) is 2.62. The number of anilines is 1. The SMILES string of the molecule is O=C1CCCC(=O)N1.[CH2-]c1cc2c(cc1[C-]=O)OCC(CC)N2CCC.[Na+]. The number of hydrogen-bond acceptors (Lipinski definition) is 5. The number of rotatable bonds is 4. The van der Waals surface area contributed by atoms with Crippen molar-refractivity contribution in [2.45, 2.75) is 52.0 Å². The maximum absolute atomic E-state index is 10.8. The van der Waals surface area contributed by atoms with E-state index in [9.17, 15) is 14.4 Å². The zero-order chi connectivity index (χ0) is 19.1. The van der Waals surface area contributed by atoms with Gasteiger partial charge in [-0.1, -0.05) is 13.8 Å². The van der Waals surface area contributed by atoms with Crippen LogP contribution in [0.25, 0.3) is 0 Å². The Hall–Kier alpha value is -1.50. The number of benzene rings is 1. The van der Waals surface area contributed by atoms with Crippen molar-refractivity contribution in [1.82, 2.24) is 5.32 Å². The van der Waals surface area contributed by atoms with E-state index in [2.05, 4.69) is 31.0 Å². The molecule has 1 aromatic carbocycles. The van der Waals surface area contributed by atoms with Gasteiger partial charge in [0.05, 0.1) is 11.8 Å². The summed E-state index contributed by atoms with van der Waals surface area (Å²) >= 11 is 0. The van der Waals surface area contributed by atoms with Crippen LogP contribution in [0.1, 0.15) is 57.1 Å². The van der Waals surface area contributed by atoms with Crippen LogP contribution < -0.4 is 44.5 Å². The second kappa shape index (κ2) is 11.4. The van der Waals surface area contributed by atoms with E-state index >= 15 is 0 Å². The summed E-state index contributed by atoms with van der Waals surface area (Å²) in [6, 6.07) is 4.09. The summed E-state index contributed by atoms with van der Waals surface area (Å²) in [7, 11) is 0. The van der Waals surface area contributed by atoms with Gasteiger partial charge in [0, 0.05) is 19.4 Å². The first-order chi connectivity index (χ1) is 12.5. The van der Waals surface area contributed by atoms with Crippen molar-refractivity contribution in [3.63, 3.8) is 0 Å². The summed E-state index contributed by atoms with van der Waals surface area (Å²) in [5, 5.41) is 2.20. The van der Waals surface area contributed by atoms with E-state index in [0.29, 0.717) is 43.0 Å². The minimum atomic E-state index is -0.138. The van der Waals surface area contributed by atoms with Gasteiger partial charge in [-0.3, -0.25) is 33.0 Å². The van der Waals surface area contributed by atoms with Crippen LogP contribution in [0.15, 0.2) is 12.1 Å². The Labute approximate surface area is 183 Å². The molecule has 0 aliphatic carbocycles. The largest absolute Gasteiger partial charge is 1.00 e. The van der Waals surface area contributed by atoms with E-state index in [0.717, 1.165) is 30.8 Å². The molecule has 7 heteroatoms. The van der Waals surface area contributed by atoms with Crippen LogP contribution in [0.4, 0.5) is 5.69 Å². The molecule has 1 atom stereocenters. The Bertz CT molecular complexity index is 664. The van der Waals surface area contributed by atoms with Crippen molar-refractivity contribution in [1.29, 1.82) is 0 Å².